The van der Waals surface area contributed by atoms with Crippen molar-refractivity contribution in [2.24, 2.45) is 0 Å². The van der Waals surface area contributed by atoms with Crippen LogP contribution in [-0.2, 0) is 14.8 Å². The Bertz CT molecular complexity index is 1110. The SMILES string of the molecule is COc1ccc(C)cc1N(CC(=O)O)S(=O)(=O)c1ccc2ccccc2c1. The Morgan fingerprint density at radius 2 is 1.74 bits per heavy atom. The molecule has 0 spiro atoms. The van der Waals surface area contributed by atoms with Crippen LogP contribution >= 0.6 is 0 Å². The molecule has 0 saturated carbocycles. The number of benzene rings is 3. The summed E-state index contributed by atoms with van der Waals surface area (Å²) in [4.78, 5) is 11.4. The number of ether oxygens (including phenoxy) is 1. The number of carboxylic acids is 1. The number of hydrogen-bond donors (Lipinski definition) is 1. The number of carbonyl (C=O) groups is 1. The fourth-order valence-corrected chi connectivity index (χ4v) is 4.32. The summed E-state index contributed by atoms with van der Waals surface area (Å²) in [5.41, 5.74) is 0.975. The number of aliphatic carboxylic acids is 1. The van der Waals surface area contributed by atoms with Crippen LogP contribution in [0.15, 0.2) is 65.6 Å². The van der Waals surface area contributed by atoms with Crippen LogP contribution < -0.4 is 9.04 Å². The molecule has 0 fully saturated rings. The molecule has 0 amide bonds. The van der Waals surface area contributed by atoms with E-state index in [1.165, 1.54) is 13.2 Å². The van der Waals surface area contributed by atoms with Gasteiger partial charge in [-0.1, -0.05) is 36.4 Å². The number of sulfonamides is 1. The lowest BCUT2D eigenvalue weighted by molar-refractivity contribution is -0.135. The van der Waals surface area contributed by atoms with Crippen molar-refractivity contribution in [2.75, 3.05) is 18.0 Å². The monoisotopic (exact) mass is 385 g/mol. The normalized spacial score (nSPS) is 11.3. The summed E-state index contributed by atoms with van der Waals surface area (Å²) in [6.07, 6.45) is 0. The predicted molar refractivity (Wildman–Crippen MR) is 104 cm³/mol. The van der Waals surface area contributed by atoms with E-state index < -0.39 is 22.5 Å². The molecule has 0 radical (unpaired) electrons. The van der Waals surface area contributed by atoms with Crippen molar-refractivity contribution >= 4 is 32.5 Å². The van der Waals surface area contributed by atoms with Crippen molar-refractivity contribution < 1.29 is 23.1 Å². The largest absolute Gasteiger partial charge is 0.495 e. The number of nitrogens with zero attached hydrogens (tertiary/aromatic N) is 1. The van der Waals surface area contributed by atoms with E-state index in [4.69, 9.17) is 4.74 Å². The van der Waals surface area contributed by atoms with Gasteiger partial charge in [0, 0.05) is 0 Å². The lowest BCUT2D eigenvalue weighted by atomic mass is 10.1. The van der Waals surface area contributed by atoms with Gasteiger partial charge in [0.1, 0.15) is 12.3 Å². The second-order valence-corrected chi connectivity index (χ2v) is 7.95. The van der Waals surface area contributed by atoms with Gasteiger partial charge in [0.2, 0.25) is 0 Å². The zero-order valence-corrected chi connectivity index (χ0v) is 15.7. The van der Waals surface area contributed by atoms with Gasteiger partial charge in [-0.05, 0) is 47.5 Å². The van der Waals surface area contributed by atoms with Gasteiger partial charge in [0.15, 0.2) is 0 Å². The van der Waals surface area contributed by atoms with Crippen LogP contribution in [0.25, 0.3) is 10.8 Å². The Hall–Kier alpha value is -3.06. The summed E-state index contributed by atoms with van der Waals surface area (Å²) in [5, 5.41) is 11.0. The Balaban J connectivity index is 2.18. The fourth-order valence-electron chi connectivity index (χ4n) is 2.87. The minimum atomic E-state index is -4.12. The molecule has 7 heteroatoms. The first-order valence-corrected chi connectivity index (χ1v) is 9.65. The van der Waals surface area contributed by atoms with E-state index in [1.54, 1.807) is 37.3 Å². The van der Waals surface area contributed by atoms with E-state index in [0.717, 1.165) is 20.6 Å². The summed E-state index contributed by atoms with van der Waals surface area (Å²) in [6, 6.07) is 17.1. The topological polar surface area (TPSA) is 83.9 Å². The molecule has 0 aliphatic heterocycles. The van der Waals surface area contributed by atoms with Gasteiger partial charge < -0.3 is 9.84 Å². The van der Waals surface area contributed by atoms with E-state index in [1.807, 2.05) is 24.3 Å². The first kappa shape index (κ1) is 18.7. The third-order valence-corrected chi connectivity index (χ3v) is 5.95. The van der Waals surface area contributed by atoms with Crippen molar-refractivity contribution in [2.45, 2.75) is 11.8 Å². The smallest absolute Gasteiger partial charge is 0.324 e. The van der Waals surface area contributed by atoms with Crippen LogP contribution in [0.3, 0.4) is 0 Å². The molecule has 0 bridgehead atoms. The molecule has 0 heterocycles. The molecule has 3 aromatic rings. The maximum atomic E-state index is 13.3. The summed E-state index contributed by atoms with van der Waals surface area (Å²) in [5.74, 6) is -0.978. The highest BCUT2D eigenvalue weighted by molar-refractivity contribution is 7.92. The second kappa shape index (κ2) is 7.28. The molecule has 140 valence electrons. The first-order chi connectivity index (χ1) is 12.8. The van der Waals surface area contributed by atoms with Crippen LogP contribution in [0.5, 0.6) is 5.75 Å². The van der Waals surface area contributed by atoms with Gasteiger partial charge in [-0.25, -0.2) is 8.42 Å². The maximum absolute atomic E-state index is 13.3. The minimum absolute atomic E-state index is 0.0195. The number of hydrogen-bond acceptors (Lipinski definition) is 4. The molecular formula is C20H19NO5S. The Morgan fingerprint density at radius 3 is 2.41 bits per heavy atom. The number of anilines is 1. The Labute approximate surface area is 157 Å². The molecule has 1 N–H and O–H groups in total. The zero-order valence-electron chi connectivity index (χ0n) is 14.9. The standard InChI is InChI=1S/C20H19NO5S/c1-14-7-10-19(26-2)18(11-14)21(13-20(22)23)27(24,25)17-9-8-15-5-3-4-6-16(15)12-17/h3-12H,13H2,1-2H3,(H,22,23). The molecule has 27 heavy (non-hydrogen) atoms. The van der Waals surface area contributed by atoms with Crippen molar-refractivity contribution in [3.8, 4) is 5.75 Å². The second-order valence-electron chi connectivity index (χ2n) is 6.09. The van der Waals surface area contributed by atoms with Crippen molar-refractivity contribution in [3.63, 3.8) is 0 Å². The van der Waals surface area contributed by atoms with Crippen molar-refractivity contribution in [1.82, 2.24) is 0 Å². The van der Waals surface area contributed by atoms with E-state index in [0.29, 0.717) is 0 Å². The van der Waals surface area contributed by atoms with Crippen LogP contribution in [0.4, 0.5) is 5.69 Å². The van der Waals surface area contributed by atoms with E-state index >= 15 is 0 Å². The Kier molecular flexibility index (Phi) is 5.05. The molecule has 3 aromatic carbocycles. The van der Waals surface area contributed by atoms with Crippen LogP contribution in [0.1, 0.15) is 5.56 Å². The summed E-state index contributed by atoms with van der Waals surface area (Å²) in [6.45, 7) is 1.08. The van der Waals surface area contributed by atoms with Gasteiger partial charge >= 0.3 is 5.97 Å². The van der Waals surface area contributed by atoms with Gasteiger partial charge in [0.05, 0.1) is 17.7 Å². The third-order valence-electron chi connectivity index (χ3n) is 4.19. The van der Waals surface area contributed by atoms with Crippen molar-refractivity contribution in [3.05, 3.63) is 66.2 Å². The van der Waals surface area contributed by atoms with E-state index in [-0.39, 0.29) is 16.3 Å². The highest BCUT2D eigenvalue weighted by atomic mass is 32.2. The van der Waals surface area contributed by atoms with Gasteiger partial charge in [0.25, 0.3) is 10.0 Å². The summed E-state index contributed by atoms with van der Waals surface area (Å²) >= 11 is 0. The number of aryl methyl sites for hydroxylation is 1. The molecule has 0 aromatic heterocycles. The minimum Gasteiger partial charge on any atom is -0.495 e. The maximum Gasteiger partial charge on any atom is 0.324 e. The van der Waals surface area contributed by atoms with Gasteiger partial charge in [-0.15, -0.1) is 0 Å². The van der Waals surface area contributed by atoms with Gasteiger partial charge in [-0.2, -0.15) is 0 Å². The molecule has 6 nitrogen and oxygen atoms in total. The first-order valence-electron chi connectivity index (χ1n) is 8.21. The fraction of sp³-hybridized carbons (Fsp3) is 0.150. The predicted octanol–water partition coefficient (Wildman–Crippen LogP) is 3.44. The number of rotatable bonds is 6. The molecular weight excluding hydrogens is 366 g/mol. The average Bonchev–Trinajstić information content (AvgIpc) is 2.65. The highest BCUT2D eigenvalue weighted by Crippen LogP contribution is 2.34. The number of methoxy groups -OCH3 is 1. The van der Waals surface area contributed by atoms with Gasteiger partial charge in [-0.3, -0.25) is 9.10 Å². The van der Waals surface area contributed by atoms with Crippen LogP contribution in [0.2, 0.25) is 0 Å². The average molecular weight is 385 g/mol. The van der Waals surface area contributed by atoms with Crippen LogP contribution in [-0.4, -0.2) is 33.1 Å². The molecule has 0 aliphatic rings. The molecule has 0 aliphatic carbocycles. The van der Waals surface area contributed by atoms with E-state index in [9.17, 15) is 18.3 Å². The molecule has 0 atom stereocenters. The zero-order chi connectivity index (χ0) is 19.6. The molecule has 0 unspecified atom stereocenters. The van der Waals surface area contributed by atoms with Crippen molar-refractivity contribution in [1.29, 1.82) is 0 Å². The third kappa shape index (κ3) is 3.73. The number of fused-ring (bicyclic) bond motifs is 1. The lowest BCUT2D eigenvalue weighted by Gasteiger charge is -2.25. The van der Waals surface area contributed by atoms with E-state index in [2.05, 4.69) is 0 Å². The van der Waals surface area contributed by atoms with Crippen LogP contribution in [0, 0.1) is 6.92 Å². The molecule has 0 saturated heterocycles. The summed E-state index contributed by atoms with van der Waals surface area (Å²) in [7, 11) is -2.71. The quantitative estimate of drug-likeness (QED) is 0.703. The summed E-state index contributed by atoms with van der Waals surface area (Å²) < 4.78 is 32.7. The lowest BCUT2D eigenvalue weighted by Crippen LogP contribution is -2.36. The number of carboxylic acid groups (broad SMARTS) is 1. The Morgan fingerprint density at radius 1 is 1.04 bits per heavy atom. The highest BCUT2D eigenvalue weighted by Gasteiger charge is 2.29. The molecule has 3 rings (SSSR count).